The van der Waals surface area contributed by atoms with Crippen molar-refractivity contribution in [2.24, 2.45) is 5.92 Å². The van der Waals surface area contributed by atoms with Crippen molar-refractivity contribution in [1.29, 1.82) is 0 Å². The number of halogens is 1. The predicted molar refractivity (Wildman–Crippen MR) is 107 cm³/mol. The minimum Gasteiger partial charge on any atom is -0.497 e. The largest absolute Gasteiger partial charge is 0.497 e. The van der Waals surface area contributed by atoms with Gasteiger partial charge in [0.25, 0.3) is 5.91 Å². The third-order valence-corrected chi connectivity index (χ3v) is 4.42. The Kier molecular flexibility index (Phi) is 7.33. The summed E-state index contributed by atoms with van der Waals surface area (Å²) in [5.41, 5.74) is 1.06. The van der Waals surface area contributed by atoms with Crippen LogP contribution in [0.25, 0.3) is 0 Å². The van der Waals surface area contributed by atoms with Gasteiger partial charge >= 0.3 is 0 Å². The van der Waals surface area contributed by atoms with E-state index < -0.39 is 0 Å². The molecule has 6 heteroatoms. The van der Waals surface area contributed by atoms with Crippen LogP contribution in [0.3, 0.4) is 0 Å². The molecule has 0 atom stereocenters. The molecular weight excluding hydrogens is 398 g/mol. The first kappa shape index (κ1) is 20.1. The van der Waals surface area contributed by atoms with Crippen LogP contribution in [0.2, 0.25) is 0 Å². The Morgan fingerprint density at radius 3 is 2.42 bits per heavy atom. The van der Waals surface area contributed by atoms with Crippen LogP contribution in [-0.4, -0.2) is 26.7 Å². The van der Waals surface area contributed by atoms with Crippen molar-refractivity contribution in [3.63, 3.8) is 0 Å². The van der Waals surface area contributed by atoms with Crippen LogP contribution in [-0.2, 0) is 0 Å². The fourth-order valence-electron chi connectivity index (χ4n) is 2.27. The second-order valence-corrected chi connectivity index (χ2v) is 7.05. The van der Waals surface area contributed by atoms with Crippen LogP contribution in [0.5, 0.6) is 17.2 Å². The van der Waals surface area contributed by atoms with Gasteiger partial charge in [0.1, 0.15) is 17.2 Å². The van der Waals surface area contributed by atoms with Gasteiger partial charge in [-0.3, -0.25) is 4.79 Å². The summed E-state index contributed by atoms with van der Waals surface area (Å²) in [5, 5.41) is 2.85. The van der Waals surface area contributed by atoms with Gasteiger partial charge in [-0.1, -0.05) is 13.8 Å². The molecule has 0 heterocycles. The van der Waals surface area contributed by atoms with E-state index >= 15 is 0 Å². The van der Waals surface area contributed by atoms with E-state index in [0.717, 1.165) is 16.6 Å². The lowest BCUT2D eigenvalue weighted by Gasteiger charge is -2.13. The van der Waals surface area contributed by atoms with Crippen LogP contribution in [0.15, 0.2) is 40.9 Å². The molecule has 5 nitrogen and oxygen atoms in total. The fourth-order valence-corrected chi connectivity index (χ4v) is 2.76. The first-order valence-electron chi connectivity index (χ1n) is 8.40. The Labute approximate surface area is 162 Å². The molecule has 0 aliphatic rings. The van der Waals surface area contributed by atoms with Crippen molar-refractivity contribution in [2.45, 2.75) is 20.3 Å². The first-order chi connectivity index (χ1) is 12.4. The number of ether oxygens (including phenoxy) is 3. The second kappa shape index (κ2) is 9.48. The lowest BCUT2D eigenvalue weighted by atomic mass is 10.1. The maximum absolute atomic E-state index is 12.6. The van der Waals surface area contributed by atoms with Crippen LogP contribution < -0.4 is 19.5 Å². The van der Waals surface area contributed by atoms with E-state index in [9.17, 15) is 4.79 Å². The Hall–Kier alpha value is -2.21. The number of hydrogen-bond donors (Lipinski definition) is 1. The second-order valence-electron chi connectivity index (χ2n) is 6.20. The van der Waals surface area contributed by atoms with E-state index in [1.807, 2.05) is 0 Å². The normalized spacial score (nSPS) is 10.5. The van der Waals surface area contributed by atoms with Gasteiger partial charge in [-0.15, -0.1) is 0 Å². The number of rotatable bonds is 8. The Bertz CT molecular complexity index is 761. The van der Waals surface area contributed by atoms with Crippen LogP contribution in [0.1, 0.15) is 30.6 Å². The predicted octanol–water partition coefficient (Wildman–Crippen LogP) is 5.14. The summed E-state index contributed by atoms with van der Waals surface area (Å²) in [6.45, 7) is 4.94. The third kappa shape index (κ3) is 5.39. The van der Waals surface area contributed by atoms with Crippen molar-refractivity contribution in [1.82, 2.24) is 0 Å². The molecule has 2 rings (SSSR count). The quantitative estimate of drug-likeness (QED) is 0.640. The molecule has 0 saturated carbocycles. The van der Waals surface area contributed by atoms with Crippen LogP contribution >= 0.6 is 15.9 Å². The molecule has 1 N–H and O–H groups in total. The molecule has 0 aliphatic carbocycles. The van der Waals surface area contributed by atoms with Gasteiger partial charge in [0.2, 0.25) is 0 Å². The number of nitrogens with one attached hydrogen (secondary N) is 1. The van der Waals surface area contributed by atoms with Crippen molar-refractivity contribution in [2.75, 3.05) is 26.1 Å². The van der Waals surface area contributed by atoms with Gasteiger partial charge in [0.05, 0.1) is 31.0 Å². The topological polar surface area (TPSA) is 56.8 Å². The van der Waals surface area contributed by atoms with E-state index in [1.165, 1.54) is 0 Å². The molecule has 0 saturated heterocycles. The van der Waals surface area contributed by atoms with Gasteiger partial charge in [-0.05, 0) is 58.6 Å². The number of benzene rings is 2. The number of methoxy groups -OCH3 is 2. The van der Waals surface area contributed by atoms with Gasteiger partial charge < -0.3 is 19.5 Å². The summed E-state index contributed by atoms with van der Waals surface area (Å²) < 4.78 is 17.0. The zero-order valence-electron chi connectivity index (χ0n) is 15.5. The standard InChI is InChI=1S/C20H24BrNO4/c1-13(2)9-10-26-18-7-5-14(11-16(18)21)20(23)22-17-12-15(24-3)6-8-19(17)25-4/h5-8,11-13H,9-10H2,1-4H3,(H,22,23). The minimum atomic E-state index is -0.244. The van der Waals surface area contributed by atoms with Gasteiger partial charge in [0.15, 0.2) is 0 Å². The maximum atomic E-state index is 12.6. The molecule has 2 aromatic rings. The SMILES string of the molecule is COc1ccc(OC)c(NC(=O)c2ccc(OCCC(C)C)c(Br)c2)c1. The highest BCUT2D eigenvalue weighted by atomic mass is 79.9. The molecular formula is C20H24BrNO4. The van der Waals surface area contributed by atoms with E-state index in [0.29, 0.717) is 35.3 Å². The summed E-state index contributed by atoms with van der Waals surface area (Å²) in [7, 11) is 3.12. The summed E-state index contributed by atoms with van der Waals surface area (Å²) in [4.78, 5) is 12.6. The van der Waals surface area contributed by atoms with Crippen molar-refractivity contribution in [3.8, 4) is 17.2 Å². The molecule has 0 bridgehead atoms. The lowest BCUT2D eigenvalue weighted by molar-refractivity contribution is 0.102. The smallest absolute Gasteiger partial charge is 0.255 e. The first-order valence-corrected chi connectivity index (χ1v) is 9.19. The Balaban J connectivity index is 2.11. The molecule has 26 heavy (non-hydrogen) atoms. The summed E-state index contributed by atoms with van der Waals surface area (Å²) in [6.07, 6.45) is 0.977. The highest BCUT2D eigenvalue weighted by Gasteiger charge is 2.13. The lowest BCUT2D eigenvalue weighted by Crippen LogP contribution is -2.13. The molecule has 1 amide bonds. The highest BCUT2D eigenvalue weighted by Crippen LogP contribution is 2.30. The molecule has 2 aromatic carbocycles. The zero-order valence-corrected chi connectivity index (χ0v) is 17.1. The van der Waals surface area contributed by atoms with Crippen LogP contribution in [0.4, 0.5) is 5.69 Å². The van der Waals surface area contributed by atoms with Crippen LogP contribution in [0, 0.1) is 5.92 Å². The number of hydrogen-bond acceptors (Lipinski definition) is 4. The Morgan fingerprint density at radius 2 is 1.81 bits per heavy atom. The molecule has 140 valence electrons. The summed E-state index contributed by atoms with van der Waals surface area (Å²) in [5.74, 6) is 2.26. The summed E-state index contributed by atoms with van der Waals surface area (Å²) >= 11 is 3.47. The molecule has 0 spiro atoms. The summed E-state index contributed by atoms with van der Waals surface area (Å²) in [6, 6.07) is 10.5. The van der Waals surface area contributed by atoms with Gasteiger partial charge in [0, 0.05) is 11.6 Å². The average molecular weight is 422 g/mol. The molecule has 0 aromatic heterocycles. The highest BCUT2D eigenvalue weighted by molar-refractivity contribution is 9.10. The van der Waals surface area contributed by atoms with Crippen molar-refractivity contribution >= 4 is 27.5 Å². The Morgan fingerprint density at radius 1 is 1.08 bits per heavy atom. The van der Waals surface area contributed by atoms with Crippen molar-refractivity contribution < 1.29 is 19.0 Å². The number of carbonyl (C=O) groups is 1. The molecule has 0 radical (unpaired) electrons. The third-order valence-electron chi connectivity index (χ3n) is 3.80. The molecule has 0 unspecified atom stereocenters. The molecule has 0 fully saturated rings. The molecule has 0 aliphatic heterocycles. The van der Waals surface area contributed by atoms with E-state index in [1.54, 1.807) is 50.6 Å². The zero-order chi connectivity index (χ0) is 19.1. The van der Waals surface area contributed by atoms with Crippen molar-refractivity contribution in [3.05, 3.63) is 46.4 Å². The number of amides is 1. The fraction of sp³-hybridized carbons (Fsp3) is 0.350. The number of carbonyl (C=O) groups excluding carboxylic acids is 1. The van der Waals surface area contributed by atoms with E-state index in [4.69, 9.17) is 14.2 Å². The minimum absolute atomic E-state index is 0.244. The van der Waals surface area contributed by atoms with Gasteiger partial charge in [-0.2, -0.15) is 0 Å². The van der Waals surface area contributed by atoms with E-state index in [2.05, 4.69) is 35.1 Å². The maximum Gasteiger partial charge on any atom is 0.255 e. The monoisotopic (exact) mass is 421 g/mol. The van der Waals surface area contributed by atoms with E-state index in [-0.39, 0.29) is 5.91 Å². The van der Waals surface area contributed by atoms with Gasteiger partial charge in [-0.25, -0.2) is 0 Å². The number of anilines is 1. The average Bonchev–Trinajstić information content (AvgIpc) is 2.62.